The molecule has 0 aliphatic heterocycles. The molecule has 1 N–H and O–H groups in total. The van der Waals surface area contributed by atoms with Crippen molar-refractivity contribution in [2.75, 3.05) is 5.48 Å². The summed E-state index contributed by atoms with van der Waals surface area (Å²) < 4.78 is 37.5. The Balaban J connectivity index is 1.93. The maximum Gasteiger partial charge on any atom is 0.416 e. The van der Waals surface area contributed by atoms with Crippen molar-refractivity contribution in [2.24, 2.45) is 0 Å². The first kappa shape index (κ1) is 13.4. The number of anilines is 1. The molecule has 19 heavy (non-hydrogen) atoms. The summed E-state index contributed by atoms with van der Waals surface area (Å²) in [6.07, 6.45) is -4.35. The molecule has 0 heterocycles. The first-order valence-electron chi connectivity index (χ1n) is 5.65. The van der Waals surface area contributed by atoms with Gasteiger partial charge >= 0.3 is 6.18 Å². The maximum atomic E-state index is 12.5. The van der Waals surface area contributed by atoms with Gasteiger partial charge in [0.1, 0.15) is 0 Å². The van der Waals surface area contributed by atoms with Crippen LogP contribution in [0.5, 0.6) is 0 Å². The number of halogens is 3. The SMILES string of the molecule is FC(F)(F)c1cccc(NOCc2ccccc2)c1. The average Bonchev–Trinajstić information content (AvgIpc) is 2.39. The molecule has 0 aliphatic carbocycles. The zero-order valence-electron chi connectivity index (χ0n) is 9.95. The normalized spacial score (nSPS) is 11.3. The fourth-order valence-electron chi connectivity index (χ4n) is 1.54. The van der Waals surface area contributed by atoms with Crippen LogP contribution in [0.25, 0.3) is 0 Å². The van der Waals surface area contributed by atoms with Crippen LogP contribution in [0, 0.1) is 0 Å². The Morgan fingerprint density at radius 2 is 1.68 bits per heavy atom. The molecular formula is C14H12F3NO. The molecule has 100 valence electrons. The summed E-state index contributed by atoms with van der Waals surface area (Å²) in [4.78, 5) is 5.16. The Labute approximate surface area is 108 Å². The predicted molar refractivity (Wildman–Crippen MR) is 66.3 cm³/mol. The van der Waals surface area contributed by atoms with Gasteiger partial charge in [0.15, 0.2) is 0 Å². The summed E-state index contributed by atoms with van der Waals surface area (Å²) in [6.45, 7) is 0.275. The van der Waals surface area contributed by atoms with Crippen LogP contribution in [0.15, 0.2) is 54.6 Å². The van der Waals surface area contributed by atoms with E-state index in [9.17, 15) is 13.2 Å². The number of rotatable bonds is 4. The third kappa shape index (κ3) is 3.99. The van der Waals surface area contributed by atoms with Gasteiger partial charge in [-0.15, -0.1) is 0 Å². The van der Waals surface area contributed by atoms with E-state index < -0.39 is 11.7 Å². The van der Waals surface area contributed by atoms with Gasteiger partial charge in [-0.05, 0) is 23.8 Å². The molecule has 0 atom stereocenters. The largest absolute Gasteiger partial charge is 0.416 e. The van der Waals surface area contributed by atoms with Crippen LogP contribution in [0.4, 0.5) is 18.9 Å². The number of nitrogens with one attached hydrogen (secondary N) is 1. The third-order valence-corrected chi connectivity index (χ3v) is 2.46. The molecule has 0 amide bonds. The van der Waals surface area contributed by atoms with Crippen molar-refractivity contribution in [1.82, 2.24) is 0 Å². The van der Waals surface area contributed by atoms with Crippen LogP contribution < -0.4 is 5.48 Å². The van der Waals surface area contributed by atoms with Gasteiger partial charge in [-0.25, -0.2) is 0 Å². The Morgan fingerprint density at radius 1 is 0.947 bits per heavy atom. The van der Waals surface area contributed by atoms with E-state index in [0.29, 0.717) is 0 Å². The summed E-state index contributed by atoms with van der Waals surface area (Å²) in [6, 6.07) is 14.2. The van der Waals surface area contributed by atoms with Crippen molar-refractivity contribution >= 4 is 5.69 Å². The highest BCUT2D eigenvalue weighted by Gasteiger charge is 2.30. The van der Waals surface area contributed by atoms with E-state index in [1.807, 2.05) is 30.3 Å². The highest BCUT2D eigenvalue weighted by Crippen LogP contribution is 2.30. The summed E-state index contributed by atoms with van der Waals surface area (Å²) in [5.74, 6) is 0. The molecule has 0 saturated carbocycles. The van der Waals surface area contributed by atoms with Gasteiger partial charge in [-0.3, -0.25) is 10.3 Å². The lowest BCUT2D eigenvalue weighted by atomic mass is 10.2. The van der Waals surface area contributed by atoms with E-state index in [4.69, 9.17) is 4.84 Å². The van der Waals surface area contributed by atoms with Gasteiger partial charge < -0.3 is 0 Å². The Hall–Kier alpha value is -2.01. The van der Waals surface area contributed by atoms with Crippen LogP contribution in [-0.4, -0.2) is 0 Å². The van der Waals surface area contributed by atoms with E-state index in [1.165, 1.54) is 12.1 Å². The van der Waals surface area contributed by atoms with Gasteiger partial charge in [-0.1, -0.05) is 36.4 Å². The first-order valence-corrected chi connectivity index (χ1v) is 5.65. The number of hydrogen-bond acceptors (Lipinski definition) is 2. The lowest BCUT2D eigenvalue weighted by molar-refractivity contribution is -0.137. The summed E-state index contributed by atoms with van der Waals surface area (Å²) in [5.41, 5.74) is 3.00. The highest BCUT2D eigenvalue weighted by molar-refractivity contribution is 5.44. The Kier molecular flexibility index (Phi) is 4.06. The maximum absolute atomic E-state index is 12.5. The molecule has 0 bridgehead atoms. The minimum atomic E-state index is -4.35. The van der Waals surface area contributed by atoms with Crippen molar-refractivity contribution in [3.05, 3.63) is 65.7 Å². The molecule has 2 aromatic rings. The molecule has 0 fully saturated rings. The zero-order chi connectivity index (χ0) is 13.7. The summed E-state index contributed by atoms with van der Waals surface area (Å²) >= 11 is 0. The standard InChI is InChI=1S/C14H12F3NO/c15-14(16,17)12-7-4-8-13(9-12)18-19-10-11-5-2-1-3-6-11/h1-9,18H,10H2. The summed E-state index contributed by atoms with van der Waals surface area (Å²) in [7, 11) is 0. The van der Waals surface area contributed by atoms with Gasteiger partial charge in [0.25, 0.3) is 0 Å². The Morgan fingerprint density at radius 3 is 2.37 bits per heavy atom. The van der Waals surface area contributed by atoms with Crippen LogP contribution in [0.2, 0.25) is 0 Å². The fraction of sp³-hybridized carbons (Fsp3) is 0.143. The molecule has 0 unspecified atom stereocenters. The van der Waals surface area contributed by atoms with Crippen molar-refractivity contribution < 1.29 is 18.0 Å². The minimum absolute atomic E-state index is 0.269. The fourth-order valence-corrected chi connectivity index (χ4v) is 1.54. The van der Waals surface area contributed by atoms with Crippen molar-refractivity contribution in [2.45, 2.75) is 12.8 Å². The third-order valence-electron chi connectivity index (χ3n) is 2.46. The molecule has 0 spiro atoms. The van der Waals surface area contributed by atoms with Crippen LogP contribution >= 0.6 is 0 Å². The quantitative estimate of drug-likeness (QED) is 0.836. The van der Waals surface area contributed by atoms with Crippen molar-refractivity contribution in [1.29, 1.82) is 0 Å². The number of hydrogen-bond donors (Lipinski definition) is 1. The molecule has 5 heteroatoms. The van der Waals surface area contributed by atoms with Gasteiger partial charge in [0.05, 0.1) is 17.9 Å². The van der Waals surface area contributed by atoms with Crippen molar-refractivity contribution in [3.63, 3.8) is 0 Å². The molecular weight excluding hydrogens is 255 g/mol. The second-order valence-corrected chi connectivity index (χ2v) is 3.95. The number of benzene rings is 2. The van der Waals surface area contributed by atoms with E-state index in [2.05, 4.69) is 5.48 Å². The predicted octanol–water partition coefficient (Wildman–Crippen LogP) is 4.25. The first-order chi connectivity index (χ1) is 9.05. The van der Waals surface area contributed by atoms with Crippen molar-refractivity contribution in [3.8, 4) is 0 Å². The average molecular weight is 267 g/mol. The monoisotopic (exact) mass is 267 g/mol. The highest BCUT2D eigenvalue weighted by atomic mass is 19.4. The van der Waals surface area contributed by atoms with E-state index in [-0.39, 0.29) is 12.3 Å². The van der Waals surface area contributed by atoms with Gasteiger partial charge in [-0.2, -0.15) is 13.2 Å². The number of alkyl halides is 3. The van der Waals surface area contributed by atoms with Crippen LogP contribution in [-0.2, 0) is 17.6 Å². The summed E-state index contributed by atoms with van der Waals surface area (Å²) in [5, 5.41) is 0. The van der Waals surface area contributed by atoms with E-state index in [0.717, 1.165) is 17.7 Å². The lowest BCUT2D eigenvalue weighted by Crippen LogP contribution is -2.06. The van der Waals surface area contributed by atoms with Gasteiger partial charge in [0.2, 0.25) is 0 Å². The molecule has 2 nitrogen and oxygen atoms in total. The minimum Gasteiger partial charge on any atom is -0.271 e. The topological polar surface area (TPSA) is 21.3 Å². The molecule has 2 aromatic carbocycles. The zero-order valence-corrected chi connectivity index (χ0v) is 9.95. The van der Waals surface area contributed by atoms with E-state index >= 15 is 0 Å². The second-order valence-electron chi connectivity index (χ2n) is 3.95. The molecule has 0 radical (unpaired) electrons. The van der Waals surface area contributed by atoms with Gasteiger partial charge in [0, 0.05) is 0 Å². The molecule has 0 aliphatic rings. The second kappa shape index (κ2) is 5.75. The Bertz CT molecular complexity index is 526. The van der Waals surface area contributed by atoms with E-state index in [1.54, 1.807) is 0 Å². The van der Waals surface area contributed by atoms with Crippen LogP contribution in [0.1, 0.15) is 11.1 Å². The molecule has 2 rings (SSSR count). The van der Waals surface area contributed by atoms with Crippen LogP contribution in [0.3, 0.4) is 0 Å². The lowest BCUT2D eigenvalue weighted by Gasteiger charge is -2.10. The molecule has 0 saturated heterocycles. The smallest absolute Gasteiger partial charge is 0.271 e. The molecule has 0 aromatic heterocycles.